The molecular formula is C10H14BrNO2. The second-order valence-electron chi connectivity index (χ2n) is 3.19. The topological polar surface area (TPSA) is 66.5 Å². The van der Waals surface area contributed by atoms with E-state index < -0.39 is 0 Å². The number of hydrogen-bond acceptors (Lipinski definition) is 3. The average molecular weight is 260 g/mol. The smallest absolute Gasteiger partial charge is 0.171 e. The molecule has 1 rings (SSSR count). The lowest BCUT2D eigenvalue weighted by Crippen LogP contribution is -1.98. The highest BCUT2D eigenvalue weighted by Crippen LogP contribution is 2.34. The molecule has 0 amide bonds. The SMILES string of the molecule is NCCCCc1cc(O)c(O)c(Br)c1. The first-order valence-corrected chi connectivity index (χ1v) is 5.35. The van der Waals surface area contributed by atoms with Crippen LogP contribution in [0, 0.1) is 0 Å². The minimum Gasteiger partial charge on any atom is -0.504 e. The van der Waals surface area contributed by atoms with E-state index in [1.54, 1.807) is 6.07 Å². The second-order valence-corrected chi connectivity index (χ2v) is 4.05. The van der Waals surface area contributed by atoms with E-state index in [4.69, 9.17) is 5.73 Å². The standard InChI is InChI=1S/C10H14BrNO2/c11-8-5-7(3-1-2-4-12)6-9(13)10(8)14/h5-6,13-14H,1-4,12H2. The molecule has 0 saturated carbocycles. The summed E-state index contributed by atoms with van der Waals surface area (Å²) in [6.45, 7) is 0.686. The van der Waals surface area contributed by atoms with Gasteiger partial charge in [0.05, 0.1) is 4.47 Å². The molecule has 0 aliphatic heterocycles. The molecule has 1 aromatic rings. The predicted molar refractivity (Wildman–Crippen MR) is 59.5 cm³/mol. The van der Waals surface area contributed by atoms with Crippen LogP contribution in [0.5, 0.6) is 11.5 Å². The van der Waals surface area contributed by atoms with Crippen molar-refractivity contribution < 1.29 is 10.2 Å². The van der Waals surface area contributed by atoms with Gasteiger partial charge in [-0.1, -0.05) is 0 Å². The summed E-state index contributed by atoms with van der Waals surface area (Å²) < 4.78 is 0.528. The summed E-state index contributed by atoms with van der Waals surface area (Å²) in [6.07, 6.45) is 2.83. The van der Waals surface area contributed by atoms with Crippen LogP contribution in [0.15, 0.2) is 16.6 Å². The lowest BCUT2D eigenvalue weighted by atomic mass is 10.1. The van der Waals surface area contributed by atoms with Gasteiger partial charge in [-0.05, 0) is 59.4 Å². The van der Waals surface area contributed by atoms with Crippen LogP contribution in [0.4, 0.5) is 0 Å². The fourth-order valence-electron chi connectivity index (χ4n) is 1.26. The van der Waals surface area contributed by atoms with E-state index in [0.717, 1.165) is 24.8 Å². The number of rotatable bonds is 4. The number of aromatic hydroxyl groups is 2. The highest BCUT2D eigenvalue weighted by atomic mass is 79.9. The maximum Gasteiger partial charge on any atom is 0.171 e. The summed E-state index contributed by atoms with van der Waals surface area (Å²) in [4.78, 5) is 0. The summed E-state index contributed by atoms with van der Waals surface area (Å²) in [7, 11) is 0. The fraction of sp³-hybridized carbons (Fsp3) is 0.400. The molecule has 1 aromatic carbocycles. The third-order valence-electron chi connectivity index (χ3n) is 2.02. The van der Waals surface area contributed by atoms with Crippen LogP contribution in [0.25, 0.3) is 0 Å². The van der Waals surface area contributed by atoms with Gasteiger partial charge in [0, 0.05) is 0 Å². The maximum absolute atomic E-state index is 9.33. The first-order valence-electron chi connectivity index (χ1n) is 4.55. The van der Waals surface area contributed by atoms with Crippen molar-refractivity contribution in [2.24, 2.45) is 5.73 Å². The number of halogens is 1. The number of phenols is 2. The Morgan fingerprint density at radius 3 is 2.50 bits per heavy atom. The van der Waals surface area contributed by atoms with Crippen molar-refractivity contribution >= 4 is 15.9 Å². The van der Waals surface area contributed by atoms with Crippen LogP contribution >= 0.6 is 15.9 Å². The molecule has 78 valence electrons. The van der Waals surface area contributed by atoms with Crippen molar-refractivity contribution in [3.63, 3.8) is 0 Å². The maximum atomic E-state index is 9.33. The first kappa shape index (κ1) is 11.3. The van der Waals surface area contributed by atoms with E-state index in [-0.39, 0.29) is 11.5 Å². The Morgan fingerprint density at radius 2 is 1.93 bits per heavy atom. The molecule has 14 heavy (non-hydrogen) atoms. The van der Waals surface area contributed by atoms with Gasteiger partial charge >= 0.3 is 0 Å². The third-order valence-corrected chi connectivity index (χ3v) is 2.63. The summed E-state index contributed by atoms with van der Waals surface area (Å²) in [6, 6.07) is 3.39. The molecule has 0 aromatic heterocycles. The van der Waals surface area contributed by atoms with Crippen LogP contribution in [0.2, 0.25) is 0 Å². The van der Waals surface area contributed by atoms with Crippen molar-refractivity contribution in [1.29, 1.82) is 0 Å². The van der Waals surface area contributed by atoms with E-state index in [9.17, 15) is 10.2 Å². The molecule has 3 nitrogen and oxygen atoms in total. The molecule has 0 bridgehead atoms. The Balaban J connectivity index is 2.69. The van der Waals surface area contributed by atoms with Crippen molar-refractivity contribution in [3.8, 4) is 11.5 Å². The molecular weight excluding hydrogens is 246 g/mol. The first-order chi connectivity index (χ1) is 6.65. The van der Waals surface area contributed by atoms with Crippen molar-refractivity contribution in [3.05, 3.63) is 22.2 Å². The zero-order valence-corrected chi connectivity index (χ0v) is 9.42. The van der Waals surface area contributed by atoms with Crippen LogP contribution in [-0.4, -0.2) is 16.8 Å². The Morgan fingerprint density at radius 1 is 1.21 bits per heavy atom. The van der Waals surface area contributed by atoms with E-state index in [1.165, 1.54) is 0 Å². The summed E-state index contributed by atoms with van der Waals surface area (Å²) in [5.74, 6) is -0.185. The zero-order valence-electron chi connectivity index (χ0n) is 7.83. The zero-order chi connectivity index (χ0) is 10.6. The van der Waals surface area contributed by atoms with Gasteiger partial charge in [-0.25, -0.2) is 0 Å². The minimum atomic E-state index is -0.104. The number of benzene rings is 1. The van der Waals surface area contributed by atoms with Crippen LogP contribution in [-0.2, 0) is 6.42 Å². The van der Waals surface area contributed by atoms with E-state index >= 15 is 0 Å². The van der Waals surface area contributed by atoms with Gasteiger partial charge in [-0.2, -0.15) is 0 Å². The molecule has 4 N–H and O–H groups in total. The third kappa shape index (κ3) is 2.89. The monoisotopic (exact) mass is 259 g/mol. The van der Waals surface area contributed by atoms with Gasteiger partial charge in [0.1, 0.15) is 0 Å². The Hall–Kier alpha value is -0.740. The lowest BCUT2D eigenvalue weighted by Gasteiger charge is -2.05. The van der Waals surface area contributed by atoms with E-state index in [0.29, 0.717) is 11.0 Å². The van der Waals surface area contributed by atoms with Crippen LogP contribution < -0.4 is 5.73 Å². The predicted octanol–water partition coefficient (Wildman–Crippen LogP) is 2.14. The lowest BCUT2D eigenvalue weighted by molar-refractivity contribution is 0.400. The molecule has 0 radical (unpaired) electrons. The molecule has 4 heteroatoms. The molecule has 0 heterocycles. The van der Waals surface area contributed by atoms with Gasteiger partial charge in [0.15, 0.2) is 11.5 Å². The Kier molecular flexibility index (Phi) is 4.22. The molecule has 0 saturated heterocycles. The van der Waals surface area contributed by atoms with Gasteiger partial charge in [0.2, 0.25) is 0 Å². The van der Waals surface area contributed by atoms with Crippen molar-refractivity contribution in [2.45, 2.75) is 19.3 Å². The summed E-state index contributed by atoms with van der Waals surface area (Å²) in [5, 5.41) is 18.6. The number of unbranched alkanes of at least 4 members (excludes halogenated alkanes) is 1. The van der Waals surface area contributed by atoms with Gasteiger partial charge in [-0.15, -0.1) is 0 Å². The van der Waals surface area contributed by atoms with Crippen molar-refractivity contribution in [1.82, 2.24) is 0 Å². The highest BCUT2D eigenvalue weighted by Gasteiger charge is 2.06. The number of phenolic OH excluding ortho intramolecular Hbond substituents is 2. The van der Waals surface area contributed by atoms with Crippen molar-refractivity contribution in [2.75, 3.05) is 6.54 Å². The summed E-state index contributed by atoms with van der Waals surface area (Å²) in [5.41, 5.74) is 6.38. The van der Waals surface area contributed by atoms with Gasteiger partial charge in [-0.3, -0.25) is 0 Å². The second kappa shape index (κ2) is 5.22. The highest BCUT2D eigenvalue weighted by molar-refractivity contribution is 9.10. The fourth-order valence-corrected chi connectivity index (χ4v) is 1.75. The molecule has 0 spiro atoms. The average Bonchev–Trinajstić information content (AvgIpc) is 2.14. The van der Waals surface area contributed by atoms with Crippen LogP contribution in [0.3, 0.4) is 0 Å². The van der Waals surface area contributed by atoms with Gasteiger partial charge < -0.3 is 15.9 Å². The largest absolute Gasteiger partial charge is 0.504 e. The number of hydrogen-bond donors (Lipinski definition) is 3. The van der Waals surface area contributed by atoms with E-state index in [2.05, 4.69) is 15.9 Å². The number of aryl methyl sites for hydroxylation is 1. The molecule has 0 aliphatic carbocycles. The Bertz CT molecular complexity index is 292. The quantitative estimate of drug-likeness (QED) is 0.574. The Labute approximate surface area is 91.7 Å². The number of nitrogens with two attached hydrogens (primary N) is 1. The van der Waals surface area contributed by atoms with Gasteiger partial charge in [0.25, 0.3) is 0 Å². The molecule has 0 fully saturated rings. The summed E-state index contributed by atoms with van der Waals surface area (Å²) >= 11 is 3.17. The molecule has 0 aliphatic rings. The minimum absolute atomic E-state index is 0.0814. The van der Waals surface area contributed by atoms with E-state index in [1.807, 2.05) is 6.07 Å². The normalized spacial score (nSPS) is 10.4. The molecule has 0 atom stereocenters. The molecule has 0 unspecified atom stereocenters. The van der Waals surface area contributed by atoms with Crippen LogP contribution in [0.1, 0.15) is 18.4 Å².